The molecule has 0 N–H and O–H groups in total. The molecule has 0 aromatic carbocycles. The summed E-state index contributed by atoms with van der Waals surface area (Å²) in [5.41, 5.74) is 0. The smallest absolute Gasteiger partial charge is 0.313 e. The van der Waals surface area contributed by atoms with E-state index in [0.29, 0.717) is 11.5 Å². The van der Waals surface area contributed by atoms with Crippen molar-refractivity contribution in [3.63, 3.8) is 0 Å². The maximum atomic E-state index is 11.9. The molecule has 0 aliphatic rings. The van der Waals surface area contributed by atoms with Gasteiger partial charge in [-0.1, -0.05) is 81.1 Å². The van der Waals surface area contributed by atoms with Gasteiger partial charge in [-0.2, -0.15) is 0 Å². The fourth-order valence-electron chi connectivity index (χ4n) is 3.10. The Bertz CT molecular complexity index is 660. The first-order valence-electron chi connectivity index (χ1n) is 11.8. The number of unbranched alkanes of at least 4 members (excludes halogenated alkanes) is 9. The largest absolute Gasteiger partial charge is 0.484 e. The number of ketones is 1. The molecule has 31 heavy (non-hydrogen) atoms. The molecule has 0 amide bonds. The zero-order valence-corrected chi connectivity index (χ0v) is 20.2. The average Bonchev–Trinajstić information content (AvgIpc) is 3.25. The topological polar surface area (TPSA) is 52.6 Å². The first kappa shape index (κ1) is 27.2. The lowest BCUT2D eigenvalue weighted by atomic mass is 10.1. The second-order valence-corrected chi connectivity index (χ2v) is 8.77. The lowest BCUT2D eigenvalue weighted by Gasteiger charge is -2.03. The van der Waals surface area contributed by atoms with E-state index >= 15 is 0 Å². The molecule has 5 heteroatoms. The number of thiophene rings is 1. The van der Waals surface area contributed by atoms with Gasteiger partial charge in [-0.05, 0) is 50.7 Å². The predicted molar refractivity (Wildman–Crippen MR) is 130 cm³/mol. The molecule has 0 saturated heterocycles. The van der Waals surface area contributed by atoms with Crippen LogP contribution in [0.5, 0.6) is 5.06 Å². The summed E-state index contributed by atoms with van der Waals surface area (Å²) in [6.07, 6.45) is 23.6. The molecule has 0 radical (unpaired) electrons. The van der Waals surface area contributed by atoms with Gasteiger partial charge in [0.2, 0.25) is 0 Å². The van der Waals surface area contributed by atoms with Crippen molar-refractivity contribution in [3.8, 4) is 5.06 Å². The van der Waals surface area contributed by atoms with E-state index in [4.69, 9.17) is 4.74 Å². The van der Waals surface area contributed by atoms with Crippen LogP contribution >= 0.6 is 11.3 Å². The zero-order valence-electron chi connectivity index (χ0n) is 19.4. The second-order valence-electron chi connectivity index (χ2n) is 7.73. The minimum atomic E-state index is -0.512. The number of allylic oxidation sites excluding steroid dienone is 4. The van der Waals surface area contributed by atoms with E-state index in [1.165, 1.54) is 76.2 Å². The van der Waals surface area contributed by atoms with Gasteiger partial charge in [0.1, 0.15) is 6.42 Å². The number of hydrogen-bond acceptors (Lipinski definition) is 5. The summed E-state index contributed by atoms with van der Waals surface area (Å²) in [5, 5.41) is 0.732. The molecule has 1 rings (SSSR count). The number of esters is 1. The van der Waals surface area contributed by atoms with E-state index in [2.05, 4.69) is 36.0 Å². The SMILES string of the molecule is CCCCCC=CC/C=C\CCCCCCCCOc1ccc(C(=O)CC(=O)OC)s1. The monoisotopic (exact) mass is 448 g/mol. The Morgan fingerprint density at radius 2 is 1.52 bits per heavy atom. The van der Waals surface area contributed by atoms with Gasteiger partial charge in [-0.15, -0.1) is 0 Å². The predicted octanol–water partition coefficient (Wildman–Crippen LogP) is 7.69. The van der Waals surface area contributed by atoms with Gasteiger partial charge in [0.05, 0.1) is 18.6 Å². The van der Waals surface area contributed by atoms with Crippen LogP contribution in [0, 0.1) is 0 Å². The summed E-state index contributed by atoms with van der Waals surface area (Å²) in [6.45, 7) is 2.91. The second kappa shape index (κ2) is 18.9. The van der Waals surface area contributed by atoms with Crippen molar-refractivity contribution < 1.29 is 19.1 Å². The molecule has 1 aromatic heterocycles. The molecule has 0 fully saturated rings. The van der Waals surface area contributed by atoms with Crippen molar-refractivity contribution >= 4 is 23.1 Å². The van der Waals surface area contributed by atoms with Crippen LogP contribution in [0.15, 0.2) is 36.4 Å². The lowest BCUT2D eigenvalue weighted by molar-refractivity contribution is -0.139. The van der Waals surface area contributed by atoms with Crippen LogP contribution in [0.4, 0.5) is 0 Å². The first-order valence-corrected chi connectivity index (χ1v) is 12.6. The van der Waals surface area contributed by atoms with Crippen LogP contribution in [0.3, 0.4) is 0 Å². The molecular weight excluding hydrogens is 408 g/mol. The molecule has 0 atom stereocenters. The van der Waals surface area contributed by atoms with Crippen LogP contribution in [0.25, 0.3) is 0 Å². The Kier molecular flexibility index (Phi) is 16.5. The van der Waals surface area contributed by atoms with E-state index in [-0.39, 0.29) is 12.2 Å². The van der Waals surface area contributed by atoms with Gasteiger partial charge >= 0.3 is 5.97 Å². The van der Waals surface area contributed by atoms with Crippen LogP contribution < -0.4 is 4.74 Å². The number of rotatable bonds is 19. The minimum absolute atomic E-state index is 0.220. The summed E-state index contributed by atoms with van der Waals surface area (Å²) < 4.78 is 10.2. The third-order valence-electron chi connectivity index (χ3n) is 4.98. The molecule has 1 aromatic rings. The van der Waals surface area contributed by atoms with E-state index < -0.39 is 5.97 Å². The average molecular weight is 449 g/mol. The Morgan fingerprint density at radius 3 is 2.19 bits per heavy atom. The van der Waals surface area contributed by atoms with Crippen molar-refractivity contribution in [1.82, 2.24) is 0 Å². The highest BCUT2D eigenvalue weighted by molar-refractivity contribution is 7.15. The Hall–Kier alpha value is -1.88. The number of carbonyl (C=O) groups is 2. The van der Waals surface area contributed by atoms with Crippen LogP contribution in [-0.4, -0.2) is 25.5 Å². The van der Waals surface area contributed by atoms with E-state index in [1.54, 1.807) is 12.1 Å². The van der Waals surface area contributed by atoms with Crippen molar-refractivity contribution in [2.24, 2.45) is 0 Å². The Balaban J connectivity index is 1.94. The normalized spacial score (nSPS) is 11.4. The molecule has 4 nitrogen and oxygen atoms in total. The van der Waals surface area contributed by atoms with Crippen molar-refractivity contribution in [3.05, 3.63) is 41.3 Å². The molecular formula is C26H40O4S. The van der Waals surface area contributed by atoms with Gasteiger partial charge in [-0.25, -0.2) is 0 Å². The number of Topliss-reactive ketones (excluding diaryl/α,β-unsaturated/α-hetero) is 1. The highest BCUT2D eigenvalue weighted by Gasteiger charge is 2.14. The Morgan fingerprint density at radius 1 is 0.871 bits per heavy atom. The highest BCUT2D eigenvalue weighted by atomic mass is 32.1. The third-order valence-corrected chi connectivity index (χ3v) is 6.02. The van der Waals surface area contributed by atoms with Crippen LogP contribution in [-0.2, 0) is 9.53 Å². The minimum Gasteiger partial charge on any atom is -0.484 e. The van der Waals surface area contributed by atoms with Gasteiger partial charge in [0.15, 0.2) is 10.8 Å². The first-order chi connectivity index (χ1) is 15.2. The third kappa shape index (κ3) is 14.7. The van der Waals surface area contributed by atoms with E-state index in [9.17, 15) is 9.59 Å². The maximum Gasteiger partial charge on any atom is 0.313 e. The summed E-state index contributed by atoms with van der Waals surface area (Å²) in [4.78, 5) is 23.6. The molecule has 174 valence electrons. The molecule has 0 saturated carbocycles. The van der Waals surface area contributed by atoms with Crippen molar-refractivity contribution in [1.29, 1.82) is 0 Å². The van der Waals surface area contributed by atoms with Gasteiger partial charge in [0, 0.05) is 0 Å². The molecule has 0 bridgehead atoms. The molecule has 0 aliphatic heterocycles. The number of carbonyl (C=O) groups excluding carboxylic acids is 2. The van der Waals surface area contributed by atoms with Gasteiger partial charge in [0.25, 0.3) is 0 Å². The standard InChI is InChI=1S/C26H40O4S/c1-3-4-5-6-7-8-9-10-11-12-13-14-15-16-17-18-21-30-26-20-19-24(31-26)23(27)22-25(28)29-2/h7-8,10-11,19-20H,3-6,9,12-18,21-22H2,1-2H3/b8-7?,11-10-. The molecule has 0 unspecified atom stereocenters. The van der Waals surface area contributed by atoms with E-state index in [1.807, 2.05) is 0 Å². The van der Waals surface area contributed by atoms with Crippen molar-refractivity contribution in [2.75, 3.05) is 13.7 Å². The molecule has 0 aliphatic carbocycles. The quantitative estimate of drug-likeness (QED) is 0.0715. The van der Waals surface area contributed by atoms with Crippen molar-refractivity contribution in [2.45, 2.75) is 90.4 Å². The van der Waals surface area contributed by atoms with Gasteiger partial charge < -0.3 is 9.47 Å². The fraction of sp³-hybridized carbons (Fsp3) is 0.615. The Labute approximate surface area is 192 Å². The van der Waals surface area contributed by atoms with Crippen LogP contribution in [0.1, 0.15) is 100 Å². The number of ether oxygens (including phenoxy) is 2. The molecule has 0 spiro atoms. The summed E-state index contributed by atoms with van der Waals surface area (Å²) in [7, 11) is 1.28. The van der Waals surface area contributed by atoms with Gasteiger partial charge in [-0.3, -0.25) is 9.59 Å². The fourth-order valence-corrected chi connectivity index (χ4v) is 3.92. The number of hydrogen-bond donors (Lipinski definition) is 0. The molecule has 1 heterocycles. The summed E-state index contributed by atoms with van der Waals surface area (Å²) in [5.74, 6) is -0.734. The summed E-state index contributed by atoms with van der Waals surface area (Å²) in [6, 6.07) is 3.51. The summed E-state index contributed by atoms with van der Waals surface area (Å²) >= 11 is 1.29. The lowest BCUT2D eigenvalue weighted by Crippen LogP contribution is -2.08. The maximum absolute atomic E-state index is 11.9. The highest BCUT2D eigenvalue weighted by Crippen LogP contribution is 2.26. The van der Waals surface area contributed by atoms with E-state index in [0.717, 1.165) is 24.3 Å². The van der Waals surface area contributed by atoms with Crippen LogP contribution in [0.2, 0.25) is 0 Å². The zero-order chi connectivity index (χ0) is 22.6. The number of methoxy groups -OCH3 is 1.